The Labute approximate surface area is 59.5 Å². The third-order valence-corrected chi connectivity index (χ3v) is 0.744. The fourth-order valence-electron chi connectivity index (χ4n) is 0.328. The molecule has 0 aromatic heterocycles. The van der Waals surface area contributed by atoms with Crippen LogP contribution in [0.25, 0.3) is 0 Å². The summed E-state index contributed by atoms with van der Waals surface area (Å²) in [5.74, 6) is -0.693. The van der Waals surface area contributed by atoms with Gasteiger partial charge in [0.25, 0.3) is 0 Å². The van der Waals surface area contributed by atoms with Crippen LogP contribution < -0.4 is 0 Å². The topological polar surface area (TPSA) is 37.3 Å². The molecule has 0 atom stereocenters. The Balaban J connectivity index is 0. The van der Waals surface area contributed by atoms with E-state index in [9.17, 15) is 4.79 Å². The summed E-state index contributed by atoms with van der Waals surface area (Å²) in [4.78, 5) is 9.76. The number of unbranched alkanes of at least 4 members (excludes halogenated alkanes) is 1. The molecule has 0 fully saturated rings. The second kappa shape index (κ2) is 6.98. The summed E-state index contributed by atoms with van der Waals surface area (Å²) in [6.45, 7) is 1.98. The van der Waals surface area contributed by atoms with Crippen molar-refractivity contribution in [1.82, 2.24) is 0 Å². The fraction of sp³-hybridized carbons (Fsp3) is 0.800. The average molecular weight is 161 g/mol. The molecule has 51 valence electrons. The molecule has 0 saturated carbocycles. The standard InChI is InChI=1S/C5H10O2.Co/c1-2-3-4-5(6)7;/h2-4H2,1H3,(H,6,7);. The van der Waals surface area contributed by atoms with Crippen molar-refractivity contribution < 1.29 is 26.7 Å². The number of carboxylic acids is 1. The number of carbonyl (C=O) groups is 1. The van der Waals surface area contributed by atoms with Gasteiger partial charge in [-0.3, -0.25) is 4.79 Å². The molecule has 3 heteroatoms. The van der Waals surface area contributed by atoms with Gasteiger partial charge < -0.3 is 5.11 Å². The zero-order valence-electron chi connectivity index (χ0n) is 4.81. The van der Waals surface area contributed by atoms with Crippen LogP contribution in [0.3, 0.4) is 0 Å². The number of aliphatic carboxylic acids is 1. The van der Waals surface area contributed by atoms with Crippen LogP contribution in [-0.2, 0) is 21.6 Å². The summed E-state index contributed by atoms with van der Waals surface area (Å²) in [7, 11) is 0. The van der Waals surface area contributed by atoms with Crippen molar-refractivity contribution in [3.05, 3.63) is 0 Å². The summed E-state index contributed by atoms with van der Waals surface area (Å²) in [5, 5.41) is 8.04. The first-order chi connectivity index (χ1) is 3.27. The van der Waals surface area contributed by atoms with E-state index >= 15 is 0 Å². The molecule has 0 aliphatic heterocycles. The second-order valence-corrected chi connectivity index (χ2v) is 1.50. The molecule has 0 heterocycles. The van der Waals surface area contributed by atoms with Crippen molar-refractivity contribution in [2.45, 2.75) is 26.2 Å². The normalized spacial score (nSPS) is 7.62. The first-order valence-corrected chi connectivity index (χ1v) is 2.49. The van der Waals surface area contributed by atoms with Crippen LogP contribution in [0.1, 0.15) is 26.2 Å². The zero-order chi connectivity index (χ0) is 5.70. The van der Waals surface area contributed by atoms with Gasteiger partial charge in [0.15, 0.2) is 0 Å². The third kappa shape index (κ3) is 9.36. The maximum absolute atomic E-state index is 9.76. The molecule has 0 unspecified atom stereocenters. The number of rotatable bonds is 3. The van der Waals surface area contributed by atoms with E-state index in [1.807, 2.05) is 6.92 Å². The van der Waals surface area contributed by atoms with Crippen LogP contribution in [0.5, 0.6) is 0 Å². The first-order valence-electron chi connectivity index (χ1n) is 2.49. The van der Waals surface area contributed by atoms with Crippen molar-refractivity contribution in [3.63, 3.8) is 0 Å². The molecule has 1 N–H and O–H groups in total. The van der Waals surface area contributed by atoms with E-state index in [-0.39, 0.29) is 16.8 Å². The van der Waals surface area contributed by atoms with Gasteiger partial charge in [0, 0.05) is 23.2 Å². The quantitative estimate of drug-likeness (QED) is 0.676. The minimum Gasteiger partial charge on any atom is -0.481 e. The van der Waals surface area contributed by atoms with Crippen molar-refractivity contribution in [2.24, 2.45) is 0 Å². The van der Waals surface area contributed by atoms with Crippen molar-refractivity contribution >= 4 is 5.97 Å². The predicted molar refractivity (Wildman–Crippen MR) is 27.2 cm³/mol. The first kappa shape index (κ1) is 10.9. The average Bonchev–Trinajstić information content (AvgIpc) is 1.61. The smallest absolute Gasteiger partial charge is 0.303 e. The second-order valence-electron chi connectivity index (χ2n) is 1.50. The Morgan fingerprint density at radius 3 is 2.25 bits per heavy atom. The summed E-state index contributed by atoms with van der Waals surface area (Å²) in [6.07, 6.45) is 2.08. The molecule has 1 radical (unpaired) electrons. The summed E-state index contributed by atoms with van der Waals surface area (Å²) < 4.78 is 0. The summed E-state index contributed by atoms with van der Waals surface area (Å²) in [5.41, 5.74) is 0. The number of hydrogen-bond acceptors (Lipinski definition) is 1. The van der Waals surface area contributed by atoms with Gasteiger partial charge in [0.05, 0.1) is 0 Å². The van der Waals surface area contributed by atoms with Crippen LogP contribution in [-0.4, -0.2) is 11.1 Å². The van der Waals surface area contributed by atoms with Gasteiger partial charge in [-0.2, -0.15) is 0 Å². The molecule has 0 aliphatic rings. The van der Waals surface area contributed by atoms with E-state index in [0.717, 1.165) is 12.8 Å². The maximum atomic E-state index is 9.76. The van der Waals surface area contributed by atoms with Crippen LogP contribution in [0, 0.1) is 0 Å². The summed E-state index contributed by atoms with van der Waals surface area (Å²) in [6, 6.07) is 0. The van der Waals surface area contributed by atoms with Gasteiger partial charge in [0.2, 0.25) is 0 Å². The molecule has 0 spiro atoms. The largest absolute Gasteiger partial charge is 0.481 e. The van der Waals surface area contributed by atoms with Crippen molar-refractivity contribution in [2.75, 3.05) is 0 Å². The molecule has 0 aliphatic carbocycles. The van der Waals surface area contributed by atoms with E-state index in [1.54, 1.807) is 0 Å². The van der Waals surface area contributed by atoms with Crippen LogP contribution in [0.4, 0.5) is 0 Å². The van der Waals surface area contributed by atoms with Gasteiger partial charge in [-0.15, -0.1) is 0 Å². The minimum absolute atomic E-state index is 0. The van der Waals surface area contributed by atoms with E-state index in [4.69, 9.17) is 5.11 Å². The van der Waals surface area contributed by atoms with E-state index in [1.165, 1.54) is 0 Å². The number of carboxylic acid groups (broad SMARTS) is 1. The molecular weight excluding hydrogens is 151 g/mol. The van der Waals surface area contributed by atoms with Gasteiger partial charge in [-0.05, 0) is 6.42 Å². The molecule has 0 saturated heterocycles. The monoisotopic (exact) mass is 161 g/mol. The molecule has 0 aromatic carbocycles. The van der Waals surface area contributed by atoms with Gasteiger partial charge in [-0.25, -0.2) is 0 Å². The fourth-order valence-corrected chi connectivity index (χ4v) is 0.328. The molecule has 0 bridgehead atoms. The third-order valence-electron chi connectivity index (χ3n) is 0.744. The predicted octanol–water partition coefficient (Wildman–Crippen LogP) is 1.26. The van der Waals surface area contributed by atoms with Crippen LogP contribution >= 0.6 is 0 Å². The molecule has 0 rings (SSSR count). The molecular formula is C5H10CoO2. The Morgan fingerprint density at radius 1 is 1.62 bits per heavy atom. The summed E-state index contributed by atoms with van der Waals surface area (Å²) >= 11 is 0. The van der Waals surface area contributed by atoms with E-state index in [2.05, 4.69) is 0 Å². The Bertz CT molecular complexity index is 63.4. The Hall–Kier alpha value is -0.0235. The Kier molecular flexibility index (Phi) is 9.48. The Morgan fingerprint density at radius 2 is 2.12 bits per heavy atom. The molecule has 0 amide bonds. The van der Waals surface area contributed by atoms with Gasteiger partial charge in [0.1, 0.15) is 0 Å². The molecule has 0 aromatic rings. The van der Waals surface area contributed by atoms with Crippen molar-refractivity contribution in [1.29, 1.82) is 0 Å². The van der Waals surface area contributed by atoms with Gasteiger partial charge >= 0.3 is 5.97 Å². The van der Waals surface area contributed by atoms with E-state index in [0.29, 0.717) is 6.42 Å². The molecule has 2 nitrogen and oxygen atoms in total. The van der Waals surface area contributed by atoms with Gasteiger partial charge in [-0.1, -0.05) is 13.3 Å². The number of hydrogen-bond donors (Lipinski definition) is 1. The van der Waals surface area contributed by atoms with Crippen molar-refractivity contribution in [3.8, 4) is 0 Å². The molecule has 8 heavy (non-hydrogen) atoms. The zero-order valence-corrected chi connectivity index (χ0v) is 5.85. The van der Waals surface area contributed by atoms with Crippen LogP contribution in [0.15, 0.2) is 0 Å². The maximum Gasteiger partial charge on any atom is 0.303 e. The van der Waals surface area contributed by atoms with E-state index < -0.39 is 5.97 Å². The minimum atomic E-state index is -0.693. The van der Waals surface area contributed by atoms with Crippen LogP contribution in [0.2, 0.25) is 0 Å². The SMILES string of the molecule is CCCCC(=O)O.[Co].